The van der Waals surface area contributed by atoms with Crippen LogP contribution in [0.2, 0.25) is 0 Å². The molecule has 1 aliphatic rings. The molecule has 1 aliphatic heterocycles. The van der Waals surface area contributed by atoms with Crippen molar-refractivity contribution < 1.29 is 18.0 Å². The van der Waals surface area contributed by atoms with E-state index < -0.39 is 11.7 Å². The predicted molar refractivity (Wildman–Crippen MR) is 72.1 cm³/mol. The van der Waals surface area contributed by atoms with Gasteiger partial charge in [0.05, 0.1) is 11.6 Å². The molecule has 0 fully saturated rings. The van der Waals surface area contributed by atoms with Crippen LogP contribution in [0, 0.1) is 11.3 Å². The normalized spacial score (nSPS) is 15.4. The predicted octanol–water partition coefficient (Wildman–Crippen LogP) is 3.46. The summed E-state index contributed by atoms with van der Waals surface area (Å²) in [7, 11) is 0. The van der Waals surface area contributed by atoms with E-state index in [2.05, 4.69) is 0 Å². The Labute approximate surface area is 120 Å². The van der Waals surface area contributed by atoms with Crippen LogP contribution in [0.4, 0.5) is 18.9 Å². The first-order chi connectivity index (χ1) is 9.82. The number of anilines is 1. The van der Waals surface area contributed by atoms with Crippen LogP contribution in [0.1, 0.15) is 29.3 Å². The molecule has 0 bridgehead atoms. The first-order valence-corrected chi connectivity index (χ1v) is 6.39. The number of Topliss-reactive ketones (excluding diaryl/α,β-unsaturated/α-hetero) is 1. The van der Waals surface area contributed by atoms with Gasteiger partial charge in [-0.1, -0.05) is 6.08 Å². The van der Waals surface area contributed by atoms with E-state index in [0.29, 0.717) is 16.8 Å². The molecule has 0 aliphatic carbocycles. The number of hydrogen-bond acceptors (Lipinski definition) is 3. The van der Waals surface area contributed by atoms with Crippen LogP contribution in [-0.2, 0) is 0 Å². The van der Waals surface area contributed by atoms with Crippen molar-refractivity contribution in [3.05, 3.63) is 41.0 Å². The average Bonchev–Trinajstić information content (AvgIpc) is 2.45. The van der Waals surface area contributed by atoms with Crippen molar-refractivity contribution in [2.24, 2.45) is 0 Å². The molecule has 0 saturated heterocycles. The first-order valence-electron chi connectivity index (χ1n) is 6.39. The maximum absolute atomic E-state index is 12.6. The number of alkyl halides is 3. The third-order valence-corrected chi connectivity index (χ3v) is 3.42. The highest BCUT2D eigenvalue weighted by Crippen LogP contribution is 2.32. The van der Waals surface area contributed by atoms with Gasteiger partial charge in [-0.05, 0) is 31.5 Å². The molecule has 0 amide bonds. The highest BCUT2D eigenvalue weighted by atomic mass is 19.4. The summed E-state index contributed by atoms with van der Waals surface area (Å²) in [5, 5.41) is 8.92. The summed E-state index contributed by atoms with van der Waals surface area (Å²) < 4.78 is 37.8. The minimum Gasteiger partial charge on any atom is -0.367 e. The van der Waals surface area contributed by atoms with Gasteiger partial charge in [0.25, 0.3) is 0 Å². The van der Waals surface area contributed by atoms with Crippen molar-refractivity contribution in [1.29, 1.82) is 5.26 Å². The number of halogens is 3. The molecule has 3 nitrogen and oxygen atoms in total. The fourth-order valence-corrected chi connectivity index (χ4v) is 2.31. The SMILES string of the molecule is CC(=O)c1ccc(C#N)cc1N1CC=C(C(F)(F)F)CC1. The van der Waals surface area contributed by atoms with Crippen molar-refractivity contribution in [2.75, 3.05) is 18.0 Å². The van der Waals surface area contributed by atoms with E-state index in [0.717, 1.165) is 6.08 Å². The molecule has 0 unspecified atom stereocenters. The fourth-order valence-electron chi connectivity index (χ4n) is 2.31. The van der Waals surface area contributed by atoms with Crippen LogP contribution in [-0.4, -0.2) is 25.0 Å². The smallest absolute Gasteiger partial charge is 0.367 e. The van der Waals surface area contributed by atoms with Crippen LogP contribution in [0.25, 0.3) is 0 Å². The summed E-state index contributed by atoms with van der Waals surface area (Å²) >= 11 is 0. The van der Waals surface area contributed by atoms with Gasteiger partial charge in [0.1, 0.15) is 0 Å². The van der Waals surface area contributed by atoms with E-state index in [9.17, 15) is 18.0 Å². The molecule has 110 valence electrons. The van der Waals surface area contributed by atoms with E-state index in [1.165, 1.54) is 13.0 Å². The Morgan fingerprint density at radius 3 is 2.57 bits per heavy atom. The average molecular weight is 294 g/mol. The molecule has 2 rings (SSSR count). The van der Waals surface area contributed by atoms with E-state index in [1.54, 1.807) is 17.0 Å². The van der Waals surface area contributed by atoms with Gasteiger partial charge < -0.3 is 4.90 Å². The Morgan fingerprint density at radius 2 is 2.10 bits per heavy atom. The van der Waals surface area contributed by atoms with Gasteiger partial charge in [-0.25, -0.2) is 0 Å². The second-order valence-corrected chi connectivity index (χ2v) is 4.82. The largest absolute Gasteiger partial charge is 0.412 e. The highest BCUT2D eigenvalue weighted by Gasteiger charge is 2.35. The van der Waals surface area contributed by atoms with E-state index in [-0.39, 0.29) is 25.3 Å². The quantitative estimate of drug-likeness (QED) is 0.620. The molecule has 21 heavy (non-hydrogen) atoms. The van der Waals surface area contributed by atoms with Crippen LogP contribution in [0.15, 0.2) is 29.8 Å². The molecule has 1 heterocycles. The number of benzene rings is 1. The molecule has 0 atom stereocenters. The van der Waals surface area contributed by atoms with Gasteiger partial charge in [0.2, 0.25) is 0 Å². The molecule has 0 aromatic heterocycles. The van der Waals surface area contributed by atoms with Crippen molar-refractivity contribution in [1.82, 2.24) is 0 Å². The Kier molecular flexibility index (Phi) is 4.03. The summed E-state index contributed by atoms with van der Waals surface area (Å²) in [6, 6.07) is 6.59. The summed E-state index contributed by atoms with van der Waals surface area (Å²) in [6.45, 7) is 1.64. The zero-order chi connectivity index (χ0) is 15.6. The maximum atomic E-state index is 12.6. The molecule has 0 N–H and O–H groups in total. The van der Waals surface area contributed by atoms with Crippen LogP contribution >= 0.6 is 0 Å². The topological polar surface area (TPSA) is 44.1 Å². The highest BCUT2D eigenvalue weighted by molar-refractivity contribution is 6.00. The van der Waals surface area contributed by atoms with Crippen molar-refractivity contribution >= 4 is 11.5 Å². The van der Waals surface area contributed by atoms with Crippen molar-refractivity contribution in [3.8, 4) is 6.07 Å². The number of carbonyl (C=O) groups excluding carboxylic acids is 1. The number of nitriles is 1. The standard InChI is InChI=1S/C15H13F3N2O/c1-10(21)13-3-2-11(9-19)8-14(13)20-6-4-12(5-7-20)15(16,17)18/h2-4,8H,5-7H2,1H3. The molecular weight excluding hydrogens is 281 g/mol. The molecule has 6 heteroatoms. The van der Waals surface area contributed by atoms with Gasteiger partial charge >= 0.3 is 6.18 Å². The first kappa shape index (κ1) is 15.1. The lowest BCUT2D eigenvalue weighted by molar-refractivity contribution is -0.0944. The third-order valence-electron chi connectivity index (χ3n) is 3.42. The second-order valence-electron chi connectivity index (χ2n) is 4.82. The monoisotopic (exact) mass is 294 g/mol. The molecule has 0 spiro atoms. The number of rotatable bonds is 2. The number of hydrogen-bond donors (Lipinski definition) is 0. The summed E-state index contributed by atoms with van der Waals surface area (Å²) in [5.74, 6) is -0.180. The lowest BCUT2D eigenvalue weighted by Gasteiger charge is -2.30. The molecular formula is C15H13F3N2O. The molecule has 1 aromatic rings. The summed E-state index contributed by atoms with van der Waals surface area (Å²) in [6.07, 6.45) is -3.30. The Bertz CT molecular complexity index is 641. The fraction of sp³-hybridized carbons (Fsp3) is 0.333. The minimum absolute atomic E-state index is 0.0734. The van der Waals surface area contributed by atoms with Gasteiger partial charge in [-0.3, -0.25) is 4.79 Å². The molecule has 0 saturated carbocycles. The summed E-state index contributed by atoms with van der Waals surface area (Å²) in [4.78, 5) is 13.3. The third kappa shape index (κ3) is 3.24. The lowest BCUT2D eigenvalue weighted by Crippen LogP contribution is -2.32. The zero-order valence-corrected chi connectivity index (χ0v) is 11.4. The summed E-state index contributed by atoms with van der Waals surface area (Å²) in [5.41, 5.74) is 0.761. The van der Waals surface area contributed by atoms with Gasteiger partial charge in [-0.15, -0.1) is 0 Å². The van der Waals surface area contributed by atoms with Crippen LogP contribution in [0.3, 0.4) is 0 Å². The zero-order valence-electron chi connectivity index (χ0n) is 11.4. The van der Waals surface area contributed by atoms with Gasteiger partial charge in [0.15, 0.2) is 5.78 Å². The molecule has 1 aromatic carbocycles. The maximum Gasteiger partial charge on any atom is 0.412 e. The van der Waals surface area contributed by atoms with Crippen LogP contribution in [0.5, 0.6) is 0 Å². The van der Waals surface area contributed by atoms with Crippen LogP contribution < -0.4 is 4.90 Å². The van der Waals surface area contributed by atoms with Gasteiger partial charge in [0, 0.05) is 29.9 Å². The van der Waals surface area contributed by atoms with Crippen molar-refractivity contribution in [2.45, 2.75) is 19.5 Å². The second kappa shape index (κ2) is 5.60. The molecule has 0 radical (unpaired) electrons. The minimum atomic E-state index is -4.30. The number of nitrogens with zero attached hydrogens (tertiary/aromatic N) is 2. The van der Waals surface area contributed by atoms with E-state index in [1.807, 2.05) is 6.07 Å². The Balaban J connectivity index is 2.34. The van der Waals surface area contributed by atoms with E-state index >= 15 is 0 Å². The lowest BCUT2D eigenvalue weighted by atomic mass is 10.0. The van der Waals surface area contributed by atoms with E-state index in [4.69, 9.17) is 5.26 Å². The number of ketones is 1. The Morgan fingerprint density at radius 1 is 1.38 bits per heavy atom. The Hall–Kier alpha value is -2.29. The van der Waals surface area contributed by atoms with Crippen molar-refractivity contribution in [3.63, 3.8) is 0 Å². The van der Waals surface area contributed by atoms with Gasteiger partial charge in [-0.2, -0.15) is 18.4 Å². The number of carbonyl (C=O) groups is 1.